The molecule has 0 aliphatic carbocycles. The Hall–Kier alpha value is -1.33. The van der Waals surface area contributed by atoms with E-state index in [0.29, 0.717) is 5.82 Å². The molecule has 16 heavy (non-hydrogen) atoms. The molecule has 5 heteroatoms. The molecule has 1 aromatic rings. The molecule has 4 N–H and O–H groups in total. The average molecular weight is 221 g/mol. The first kappa shape index (κ1) is 11.2. The zero-order valence-corrected chi connectivity index (χ0v) is 9.61. The fourth-order valence-corrected chi connectivity index (χ4v) is 2.07. The summed E-state index contributed by atoms with van der Waals surface area (Å²) in [5, 5.41) is 3.42. The summed E-state index contributed by atoms with van der Waals surface area (Å²) in [7, 11) is 2.17. The number of aromatic nitrogens is 1. The van der Waals surface area contributed by atoms with Gasteiger partial charge >= 0.3 is 0 Å². The highest BCUT2D eigenvalue weighted by molar-refractivity contribution is 5.51. The molecule has 5 nitrogen and oxygen atoms in total. The first-order valence-corrected chi connectivity index (χ1v) is 5.63. The third kappa shape index (κ3) is 2.84. The van der Waals surface area contributed by atoms with Crippen LogP contribution in [0.15, 0.2) is 18.3 Å². The molecule has 88 valence electrons. The van der Waals surface area contributed by atoms with E-state index in [1.165, 1.54) is 19.5 Å². The topological polar surface area (TPSA) is 66.2 Å². The maximum atomic E-state index is 5.31. The zero-order chi connectivity index (χ0) is 11.4. The van der Waals surface area contributed by atoms with E-state index in [-0.39, 0.29) is 0 Å². The van der Waals surface area contributed by atoms with Crippen LogP contribution in [0.3, 0.4) is 0 Å². The second kappa shape index (κ2) is 5.14. The number of anilines is 2. The minimum absolute atomic E-state index is 0.688. The van der Waals surface area contributed by atoms with Gasteiger partial charge in [-0.2, -0.15) is 0 Å². The average Bonchev–Trinajstić information content (AvgIpc) is 2.73. The lowest BCUT2D eigenvalue weighted by molar-refractivity contribution is 0.399. The molecule has 1 atom stereocenters. The number of rotatable bonds is 4. The minimum atomic E-state index is 0.688. The van der Waals surface area contributed by atoms with Gasteiger partial charge in [-0.15, -0.1) is 0 Å². The molecule has 0 aromatic carbocycles. The zero-order valence-electron chi connectivity index (χ0n) is 9.61. The normalized spacial score (nSPS) is 21.0. The summed E-state index contributed by atoms with van der Waals surface area (Å²) in [5.74, 6) is 6.74. The molecule has 1 aliphatic heterocycles. The second-order valence-corrected chi connectivity index (χ2v) is 4.37. The lowest BCUT2D eigenvalue weighted by Gasteiger charge is -2.13. The highest BCUT2D eigenvalue weighted by atomic mass is 15.2. The fraction of sp³-hybridized carbons (Fsp3) is 0.545. The summed E-state index contributed by atoms with van der Waals surface area (Å²) in [4.78, 5) is 6.43. The molecule has 1 aliphatic rings. The molecule has 0 spiro atoms. The molecule has 1 fully saturated rings. The van der Waals surface area contributed by atoms with Crippen LogP contribution in [0.1, 0.15) is 6.42 Å². The number of nitrogens with one attached hydrogen (secondary N) is 2. The van der Waals surface area contributed by atoms with E-state index in [0.717, 1.165) is 18.2 Å². The van der Waals surface area contributed by atoms with Crippen LogP contribution >= 0.6 is 0 Å². The van der Waals surface area contributed by atoms with E-state index in [9.17, 15) is 0 Å². The largest absolute Gasteiger partial charge is 0.385 e. The summed E-state index contributed by atoms with van der Waals surface area (Å²) in [6, 6.07) is 3.87. The lowest BCUT2D eigenvalue weighted by atomic mass is 10.1. The number of hydrogen-bond acceptors (Lipinski definition) is 5. The Morgan fingerprint density at radius 3 is 3.19 bits per heavy atom. The Bertz CT molecular complexity index is 341. The van der Waals surface area contributed by atoms with Gasteiger partial charge in [-0.25, -0.2) is 10.8 Å². The second-order valence-electron chi connectivity index (χ2n) is 4.37. The van der Waals surface area contributed by atoms with Crippen LogP contribution in [0.2, 0.25) is 0 Å². The van der Waals surface area contributed by atoms with Crippen LogP contribution in [0, 0.1) is 5.92 Å². The highest BCUT2D eigenvalue weighted by Gasteiger charge is 2.18. The van der Waals surface area contributed by atoms with Crippen LogP contribution in [0.4, 0.5) is 11.5 Å². The van der Waals surface area contributed by atoms with E-state index < -0.39 is 0 Å². The first-order chi connectivity index (χ1) is 7.78. The van der Waals surface area contributed by atoms with Crippen LogP contribution in [0.5, 0.6) is 0 Å². The van der Waals surface area contributed by atoms with Crippen molar-refractivity contribution < 1.29 is 0 Å². The van der Waals surface area contributed by atoms with Crippen LogP contribution in [-0.2, 0) is 0 Å². The van der Waals surface area contributed by atoms with Crippen LogP contribution < -0.4 is 16.6 Å². The molecule has 0 radical (unpaired) electrons. The molecule has 2 heterocycles. The van der Waals surface area contributed by atoms with Crippen molar-refractivity contribution in [2.24, 2.45) is 11.8 Å². The van der Waals surface area contributed by atoms with Gasteiger partial charge in [0.1, 0.15) is 5.82 Å². The maximum Gasteiger partial charge on any atom is 0.141 e. The van der Waals surface area contributed by atoms with Crippen molar-refractivity contribution in [2.75, 3.05) is 37.4 Å². The highest BCUT2D eigenvalue weighted by Crippen LogP contribution is 2.16. The Kier molecular flexibility index (Phi) is 3.58. The standard InChI is InChI=1S/C11H19N5/c1-16-5-3-9(8-16)7-14-10-2-4-13-11(6-10)15-12/h2,4,6,9H,3,5,7-8,12H2,1H3,(H2,13,14,15). The van der Waals surface area contributed by atoms with Crippen LogP contribution in [0.25, 0.3) is 0 Å². The smallest absolute Gasteiger partial charge is 0.141 e. The third-order valence-corrected chi connectivity index (χ3v) is 2.99. The quantitative estimate of drug-likeness (QED) is 0.517. The van der Waals surface area contributed by atoms with Crippen molar-refractivity contribution in [3.8, 4) is 0 Å². The Labute approximate surface area is 96.0 Å². The molecule has 1 aromatic heterocycles. The Morgan fingerprint density at radius 1 is 1.62 bits per heavy atom. The predicted molar refractivity (Wildman–Crippen MR) is 66.1 cm³/mol. The first-order valence-electron chi connectivity index (χ1n) is 5.63. The van der Waals surface area contributed by atoms with Gasteiger partial charge in [0.25, 0.3) is 0 Å². The number of nitrogen functional groups attached to an aromatic ring is 1. The molecule has 1 unspecified atom stereocenters. The van der Waals surface area contributed by atoms with E-state index in [2.05, 4.69) is 27.7 Å². The number of nitrogens with zero attached hydrogens (tertiary/aromatic N) is 2. The van der Waals surface area contributed by atoms with Crippen LogP contribution in [-0.4, -0.2) is 36.6 Å². The summed E-state index contributed by atoms with van der Waals surface area (Å²) in [6.45, 7) is 3.40. The van der Waals surface area contributed by atoms with Crippen molar-refractivity contribution in [1.29, 1.82) is 0 Å². The van der Waals surface area contributed by atoms with Crippen molar-refractivity contribution >= 4 is 11.5 Å². The Morgan fingerprint density at radius 2 is 2.50 bits per heavy atom. The van der Waals surface area contributed by atoms with Crippen molar-refractivity contribution in [3.05, 3.63) is 18.3 Å². The lowest BCUT2D eigenvalue weighted by Crippen LogP contribution is -2.19. The maximum absolute atomic E-state index is 5.31. The SMILES string of the molecule is CN1CCC(CNc2ccnc(NN)c2)C1. The summed E-state index contributed by atoms with van der Waals surface area (Å²) in [6.07, 6.45) is 3.02. The van der Waals surface area contributed by atoms with Gasteiger partial charge in [-0.3, -0.25) is 0 Å². The summed E-state index contributed by atoms with van der Waals surface area (Å²) < 4.78 is 0. The predicted octanol–water partition coefficient (Wildman–Crippen LogP) is 0.731. The van der Waals surface area contributed by atoms with Gasteiger partial charge in [0.05, 0.1) is 0 Å². The van der Waals surface area contributed by atoms with Gasteiger partial charge in [-0.05, 0) is 32.0 Å². The van der Waals surface area contributed by atoms with Crippen molar-refractivity contribution in [2.45, 2.75) is 6.42 Å². The van der Waals surface area contributed by atoms with Crippen molar-refractivity contribution in [3.63, 3.8) is 0 Å². The summed E-state index contributed by atoms with van der Waals surface area (Å²) >= 11 is 0. The number of hydrazine groups is 1. The van der Waals surface area contributed by atoms with E-state index in [1.807, 2.05) is 12.1 Å². The van der Waals surface area contributed by atoms with Gasteiger partial charge < -0.3 is 15.6 Å². The van der Waals surface area contributed by atoms with E-state index in [4.69, 9.17) is 5.84 Å². The molecular weight excluding hydrogens is 202 g/mol. The van der Waals surface area contributed by atoms with Gasteiger partial charge in [0.2, 0.25) is 0 Å². The molecule has 0 amide bonds. The van der Waals surface area contributed by atoms with Gasteiger partial charge in [0, 0.05) is 31.0 Å². The van der Waals surface area contributed by atoms with E-state index in [1.54, 1.807) is 6.20 Å². The fourth-order valence-electron chi connectivity index (χ4n) is 2.07. The van der Waals surface area contributed by atoms with Gasteiger partial charge in [0.15, 0.2) is 0 Å². The monoisotopic (exact) mass is 221 g/mol. The number of likely N-dealkylation sites (tertiary alicyclic amines) is 1. The molecule has 0 saturated carbocycles. The summed E-state index contributed by atoms with van der Waals surface area (Å²) in [5.41, 5.74) is 3.61. The third-order valence-electron chi connectivity index (χ3n) is 2.99. The van der Waals surface area contributed by atoms with E-state index >= 15 is 0 Å². The van der Waals surface area contributed by atoms with Crippen molar-refractivity contribution in [1.82, 2.24) is 9.88 Å². The molecular formula is C11H19N5. The molecule has 0 bridgehead atoms. The molecule has 1 saturated heterocycles. The number of nitrogens with two attached hydrogens (primary N) is 1. The number of hydrogen-bond donors (Lipinski definition) is 3. The van der Waals surface area contributed by atoms with Gasteiger partial charge in [-0.1, -0.05) is 0 Å². The molecule has 2 rings (SSSR count). The minimum Gasteiger partial charge on any atom is -0.385 e. The number of pyridine rings is 1. The Balaban J connectivity index is 1.84.